The highest BCUT2D eigenvalue weighted by Gasteiger charge is 2.32. The normalized spacial score (nSPS) is 14.9. The van der Waals surface area contributed by atoms with Crippen molar-refractivity contribution in [2.24, 2.45) is 0 Å². The number of amides is 1. The van der Waals surface area contributed by atoms with E-state index < -0.39 is 5.24 Å². The minimum atomic E-state index is -0.414. The van der Waals surface area contributed by atoms with Gasteiger partial charge < -0.3 is 19.4 Å². The van der Waals surface area contributed by atoms with Crippen molar-refractivity contribution in [2.45, 2.75) is 65.6 Å². The number of fused-ring (bicyclic) bond motifs is 2. The number of hydrogen-bond donors (Lipinski definition) is 1. The summed E-state index contributed by atoms with van der Waals surface area (Å²) < 4.78 is 4.31. The summed E-state index contributed by atoms with van der Waals surface area (Å²) in [6.45, 7) is 10.5. The van der Waals surface area contributed by atoms with Crippen molar-refractivity contribution < 1.29 is 9.59 Å². The molecule has 0 unspecified atom stereocenters. The average Bonchev–Trinajstić information content (AvgIpc) is 4.14. The van der Waals surface area contributed by atoms with Gasteiger partial charge in [-0.2, -0.15) is 0 Å². The second-order valence-electron chi connectivity index (χ2n) is 14.7. The molecular weight excluding hydrogens is 912 g/mol. The minimum absolute atomic E-state index is 0. The molecule has 0 saturated carbocycles. The zero-order chi connectivity index (χ0) is 43.8. The largest absolute Gasteiger partial charge is 0.327 e. The lowest BCUT2D eigenvalue weighted by Crippen LogP contribution is -2.41. The van der Waals surface area contributed by atoms with Crippen LogP contribution in [-0.2, 0) is 13.1 Å². The van der Waals surface area contributed by atoms with Crippen molar-refractivity contribution in [2.75, 3.05) is 20.6 Å². The van der Waals surface area contributed by atoms with Gasteiger partial charge in [0.05, 0.1) is 16.1 Å². The van der Waals surface area contributed by atoms with Crippen molar-refractivity contribution in [3.8, 4) is 43.9 Å². The van der Waals surface area contributed by atoms with E-state index in [1.54, 1.807) is 57.5 Å². The van der Waals surface area contributed by atoms with Crippen LogP contribution in [0.1, 0.15) is 81.0 Å². The fraction of sp³-hybridized carbons (Fsp3) is 0.289. The summed E-state index contributed by atoms with van der Waals surface area (Å²) in [5, 5.41) is 29.9. The lowest BCUT2D eigenvalue weighted by molar-refractivity contribution is 0.0638. The lowest BCUT2D eigenvalue weighted by Gasteiger charge is -2.33. The molecule has 18 heteroatoms. The van der Waals surface area contributed by atoms with Crippen molar-refractivity contribution in [3.63, 3.8) is 0 Å². The number of carbonyl (C=O) groups is 2. The van der Waals surface area contributed by atoms with Crippen LogP contribution in [0, 0.1) is 13.8 Å². The van der Waals surface area contributed by atoms with Crippen LogP contribution in [0.4, 0.5) is 0 Å². The molecule has 1 N–H and O–H groups in total. The van der Waals surface area contributed by atoms with Gasteiger partial charge in [0.15, 0.2) is 17.5 Å². The predicted octanol–water partition coefficient (Wildman–Crippen LogP) is 11.3. The number of carbonyl (C=O) groups excluding carboxylic acids is 2. The molecule has 2 aromatic carbocycles. The SMILES string of the molecule is CNC.Cc1nc(-c2nnc3n2CCC[C@@H]3C)cs1.Cc1nc(-c2nnc3n2CCN(C(=O)c2ccc(-c4cccs4)cc2)[C@@H]3C)cs1.Cl.O=C(Cl)c1ccc(-c2cccs2)cc1. The van der Waals surface area contributed by atoms with E-state index in [1.807, 2.05) is 105 Å². The van der Waals surface area contributed by atoms with Gasteiger partial charge in [0.25, 0.3) is 11.1 Å². The van der Waals surface area contributed by atoms with E-state index in [0.29, 0.717) is 30.1 Å². The van der Waals surface area contributed by atoms with Crippen LogP contribution < -0.4 is 5.32 Å². The molecule has 2 aliphatic heterocycles. The highest BCUT2D eigenvalue weighted by Crippen LogP contribution is 2.32. The number of thiophene rings is 2. The lowest BCUT2D eigenvalue weighted by atomic mass is 10.0. The van der Waals surface area contributed by atoms with Crippen LogP contribution in [0.25, 0.3) is 43.9 Å². The van der Waals surface area contributed by atoms with Gasteiger partial charge in [-0.05, 0) is 118 Å². The smallest absolute Gasteiger partial charge is 0.254 e. The van der Waals surface area contributed by atoms with Crippen LogP contribution in [0.3, 0.4) is 0 Å². The van der Waals surface area contributed by atoms with Gasteiger partial charge in [-0.15, -0.1) is 78.1 Å². The molecule has 0 spiro atoms. The Morgan fingerprint density at radius 1 is 0.667 bits per heavy atom. The molecule has 12 nitrogen and oxygen atoms in total. The van der Waals surface area contributed by atoms with Gasteiger partial charge in [0, 0.05) is 57.2 Å². The number of hydrogen-bond acceptors (Lipinski definition) is 13. The Bertz CT molecular complexity index is 2690. The van der Waals surface area contributed by atoms with Gasteiger partial charge >= 0.3 is 0 Å². The summed E-state index contributed by atoms with van der Waals surface area (Å²) in [6.07, 6.45) is 2.43. The molecule has 8 heterocycles. The number of nitrogens with one attached hydrogen (secondary N) is 1. The zero-order valence-electron chi connectivity index (χ0n) is 35.7. The minimum Gasteiger partial charge on any atom is -0.327 e. The first-order valence-corrected chi connectivity index (χ1v) is 24.0. The van der Waals surface area contributed by atoms with E-state index in [-0.39, 0.29) is 24.4 Å². The van der Waals surface area contributed by atoms with E-state index in [4.69, 9.17) is 11.6 Å². The molecule has 0 aliphatic carbocycles. The molecule has 0 radical (unpaired) electrons. The summed E-state index contributed by atoms with van der Waals surface area (Å²) in [7, 11) is 3.75. The van der Waals surface area contributed by atoms with E-state index in [2.05, 4.69) is 68.6 Å². The third-order valence-electron chi connectivity index (χ3n) is 10.2. The third kappa shape index (κ3) is 11.2. The molecule has 8 aromatic rings. The maximum Gasteiger partial charge on any atom is 0.254 e. The quantitative estimate of drug-likeness (QED) is 0.162. The summed E-state index contributed by atoms with van der Waals surface area (Å²) in [6, 6.07) is 23.2. The molecule has 328 valence electrons. The van der Waals surface area contributed by atoms with Gasteiger partial charge in [0.1, 0.15) is 17.2 Å². The molecule has 0 fully saturated rings. The second-order valence-corrected chi connectivity index (χ2v) is 19.0. The number of aryl methyl sites for hydroxylation is 2. The molecular formula is C45H48Cl2N10O2S4. The average molecular weight is 960 g/mol. The predicted molar refractivity (Wildman–Crippen MR) is 261 cm³/mol. The number of halogens is 2. The summed E-state index contributed by atoms with van der Waals surface area (Å²) in [5.41, 5.74) is 5.29. The van der Waals surface area contributed by atoms with Crippen molar-refractivity contribution in [1.29, 1.82) is 0 Å². The van der Waals surface area contributed by atoms with Gasteiger partial charge in [-0.25, -0.2) is 9.97 Å². The Morgan fingerprint density at radius 3 is 1.62 bits per heavy atom. The Balaban J connectivity index is 0.000000164. The first-order valence-electron chi connectivity index (χ1n) is 20.1. The highest BCUT2D eigenvalue weighted by atomic mass is 35.5. The number of benzene rings is 2. The molecule has 0 saturated heterocycles. The topological polar surface area (TPSA) is 137 Å². The molecule has 63 heavy (non-hydrogen) atoms. The molecule has 1 amide bonds. The maximum atomic E-state index is 13.2. The first-order chi connectivity index (χ1) is 30.1. The molecule has 6 aromatic heterocycles. The van der Waals surface area contributed by atoms with Gasteiger partial charge in [0.2, 0.25) is 0 Å². The molecule has 2 aliphatic rings. The summed E-state index contributed by atoms with van der Waals surface area (Å²) >= 11 is 12.0. The van der Waals surface area contributed by atoms with E-state index in [9.17, 15) is 9.59 Å². The third-order valence-corrected chi connectivity index (χ3v) is 13.8. The Kier molecular flexibility index (Phi) is 16.7. The molecule has 0 bridgehead atoms. The van der Waals surface area contributed by atoms with Gasteiger partial charge in [-0.3, -0.25) is 9.59 Å². The fourth-order valence-electron chi connectivity index (χ4n) is 7.15. The van der Waals surface area contributed by atoms with Crippen molar-refractivity contribution in [3.05, 3.63) is 127 Å². The molecule has 2 atom stereocenters. The Morgan fingerprint density at radius 2 is 1.16 bits per heavy atom. The second kappa shape index (κ2) is 22.1. The molecule has 10 rings (SSSR count). The number of rotatable bonds is 6. The van der Waals surface area contributed by atoms with Crippen LogP contribution in [0.2, 0.25) is 0 Å². The highest BCUT2D eigenvalue weighted by molar-refractivity contribution is 7.13. The Hall–Kier alpha value is -4.94. The fourth-order valence-corrected chi connectivity index (χ4v) is 9.93. The maximum absolute atomic E-state index is 13.2. The number of aromatic nitrogens is 8. The number of thiazole rings is 2. The Labute approximate surface area is 394 Å². The zero-order valence-corrected chi connectivity index (χ0v) is 40.5. The van der Waals surface area contributed by atoms with E-state index in [0.717, 1.165) is 62.4 Å². The summed E-state index contributed by atoms with van der Waals surface area (Å²) in [5.74, 6) is 4.19. The van der Waals surface area contributed by atoms with Crippen LogP contribution in [-0.4, -0.2) is 76.2 Å². The summed E-state index contributed by atoms with van der Waals surface area (Å²) in [4.78, 5) is 37.3. The van der Waals surface area contributed by atoms with Crippen molar-refractivity contribution in [1.82, 2.24) is 49.7 Å². The van der Waals surface area contributed by atoms with Crippen LogP contribution in [0.5, 0.6) is 0 Å². The monoisotopic (exact) mass is 958 g/mol. The van der Waals surface area contributed by atoms with Crippen LogP contribution >= 0.6 is 69.4 Å². The van der Waals surface area contributed by atoms with Crippen molar-refractivity contribution >= 4 is 80.5 Å². The van der Waals surface area contributed by atoms with E-state index >= 15 is 0 Å². The van der Waals surface area contributed by atoms with Crippen LogP contribution in [0.15, 0.2) is 94.3 Å². The first kappa shape index (κ1) is 47.5. The van der Waals surface area contributed by atoms with Gasteiger partial charge in [-0.1, -0.05) is 43.3 Å². The van der Waals surface area contributed by atoms with E-state index in [1.165, 1.54) is 22.6 Å². The standard InChI is InChI=1S/C21H19N5OS2.C11H7ClOS.C11H14N4S.C2H7N.ClH/c1-13-19-23-24-20(17-12-29-14(2)22-17)26(19)10-9-25(13)21(27)16-7-5-15(6-8-16)18-4-3-11-28-18;12-11(13)9-5-3-8(4-6-9)10-2-1-7-14-10;1-7-4-3-5-15-10(7)13-14-11(15)9-6-16-8(2)12-9;1-3-2;/h3-8,11-13H,9-10H2,1-2H3;1-7H;6-7H,3-5H2,1-2H3;3H,1-2H3;1H/t13-;;7-;;/m1.0../s1. The number of nitrogens with zero attached hydrogens (tertiary/aromatic N) is 9.